The summed E-state index contributed by atoms with van der Waals surface area (Å²) in [6.07, 6.45) is 4.60. The predicted octanol–water partition coefficient (Wildman–Crippen LogP) is 3.31. The molecule has 1 aromatic carbocycles. The summed E-state index contributed by atoms with van der Waals surface area (Å²) >= 11 is 0. The lowest BCUT2D eigenvalue weighted by molar-refractivity contribution is 0.122. The van der Waals surface area contributed by atoms with Crippen molar-refractivity contribution in [2.75, 3.05) is 55.7 Å². The third-order valence-electron chi connectivity index (χ3n) is 6.65. The van der Waals surface area contributed by atoms with Gasteiger partial charge in [-0.1, -0.05) is 17.7 Å². The molecule has 0 radical (unpaired) electrons. The number of halogens is 1. The average Bonchev–Trinajstić information content (AvgIpc) is 2.82. The van der Waals surface area contributed by atoms with Crippen LogP contribution in [-0.2, 0) is 24.2 Å². The van der Waals surface area contributed by atoms with E-state index in [1.165, 1.54) is 24.8 Å². The van der Waals surface area contributed by atoms with Gasteiger partial charge in [-0.3, -0.25) is 4.90 Å². The summed E-state index contributed by atoms with van der Waals surface area (Å²) in [5.41, 5.74) is 4.24. The summed E-state index contributed by atoms with van der Waals surface area (Å²) in [5.74, 6) is 1.82. The standard InChI is InChI=1S/C24H32FN5O/c1-18-5-6-21(25)19(15-18)16-28-10-7-22-20(17-28)23(29-11-13-31-14-12-29)27-24(26-22)30-8-3-2-4-9-30/h5-6,15H,2-4,7-14,16-17H2,1H3. The van der Waals surface area contributed by atoms with Crippen molar-refractivity contribution < 1.29 is 9.13 Å². The second-order valence-corrected chi connectivity index (χ2v) is 8.98. The molecule has 0 unspecified atom stereocenters. The first-order valence-electron chi connectivity index (χ1n) is 11.6. The monoisotopic (exact) mass is 425 g/mol. The van der Waals surface area contributed by atoms with Gasteiger partial charge < -0.3 is 14.5 Å². The van der Waals surface area contributed by atoms with E-state index >= 15 is 0 Å². The van der Waals surface area contributed by atoms with Crippen molar-refractivity contribution in [1.82, 2.24) is 14.9 Å². The van der Waals surface area contributed by atoms with Crippen LogP contribution in [0.5, 0.6) is 0 Å². The number of fused-ring (bicyclic) bond motifs is 1. The third-order valence-corrected chi connectivity index (χ3v) is 6.65. The van der Waals surface area contributed by atoms with Crippen LogP contribution >= 0.6 is 0 Å². The van der Waals surface area contributed by atoms with Gasteiger partial charge in [0.15, 0.2) is 0 Å². The van der Waals surface area contributed by atoms with Crippen molar-refractivity contribution in [3.05, 3.63) is 46.4 Å². The number of morpholine rings is 1. The van der Waals surface area contributed by atoms with Crippen LogP contribution in [0.1, 0.15) is 41.6 Å². The Bertz CT molecular complexity index is 924. The van der Waals surface area contributed by atoms with Crippen LogP contribution in [0.2, 0.25) is 0 Å². The summed E-state index contributed by atoms with van der Waals surface area (Å²) in [6.45, 7) is 9.54. The fourth-order valence-corrected chi connectivity index (χ4v) is 4.91. The van der Waals surface area contributed by atoms with Crippen molar-refractivity contribution in [1.29, 1.82) is 0 Å². The van der Waals surface area contributed by atoms with Gasteiger partial charge in [-0.25, -0.2) is 9.37 Å². The molecule has 2 saturated heterocycles. The SMILES string of the molecule is Cc1ccc(F)c(CN2CCc3nc(N4CCCCC4)nc(N4CCOCC4)c3C2)c1. The number of hydrogen-bond acceptors (Lipinski definition) is 6. The molecule has 7 heteroatoms. The highest BCUT2D eigenvalue weighted by Crippen LogP contribution is 2.31. The molecular weight excluding hydrogens is 393 g/mol. The predicted molar refractivity (Wildman–Crippen MR) is 120 cm³/mol. The van der Waals surface area contributed by atoms with Crippen LogP contribution in [0.25, 0.3) is 0 Å². The normalized spacial score (nSPS) is 20.1. The van der Waals surface area contributed by atoms with Gasteiger partial charge in [-0.05, 0) is 32.3 Å². The van der Waals surface area contributed by atoms with Crippen LogP contribution in [0, 0.1) is 12.7 Å². The van der Waals surface area contributed by atoms with Gasteiger partial charge >= 0.3 is 0 Å². The van der Waals surface area contributed by atoms with E-state index in [4.69, 9.17) is 14.7 Å². The first kappa shape index (κ1) is 20.6. The first-order valence-corrected chi connectivity index (χ1v) is 11.6. The van der Waals surface area contributed by atoms with E-state index in [0.29, 0.717) is 6.54 Å². The second-order valence-electron chi connectivity index (χ2n) is 8.98. The Balaban J connectivity index is 1.44. The average molecular weight is 426 g/mol. The van der Waals surface area contributed by atoms with Crippen molar-refractivity contribution in [2.24, 2.45) is 0 Å². The van der Waals surface area contributed by atoms with Crippen LogP contribution < -0.4 is 9.80 Å². The lowest BCUT2D eigenvalue weighted by atomic mass is 10.0. The van der Waals surface area contributed by atoms with Crippen molar-refractivity contribution in [3.8, 4) is 0 Å². The van der Waals surface area contributed by atoms with Crippen LogP contribution in [0.15, 0.2) is 18.2 Å². The van der Waals surface area contributed by atoms with Gasteiger partial charge in [-0.15, -0.1) is 0 Å². The molecule has 1 aromatic heterocycles. The Morgan fingerprint density at radius 2 is 1.77 bits per heavy atom. The molecule has 0 N–H and O–H groups in total. The molecule has 6 nitrogen and oxygen atoms in total. The second kappa shape index (κ2) is 9.09. The molecule has 5 rings (SSSR count). The fraction of sp³-hybridized carbons (Fsp3) is 0.583. The molecule has 3 aliphatic heterocycles. The highest BCUT2D eigenvalue weighted by atomic mass is 19.1. The fourth-order valence-electron chi connectivity index (χ4n) is 4.91. The Labute approximate surface area is 184 Å². The minimum Gasteiger partial charge on any atom is -0.378 e. The molecule has 166 valence electrons. The lowest BCUT2D eigenvalue weighted by Crippen LogP contribution is -2.40. The topological polar surface area (TPSA) is 44.7 Å². The number of piperidine rings is 1. The Morgan fingerprint density at radius 3 is 2.58 bits per heavy atom. The van der Waals surface area contributed by atoms with E-state index in [1.807, 2.05) is 19.1 Å². The largest absolute Gasteiger partial charge is 0.378 e. The minimum atomic E-state index is -0.124. The number of aryl methyl sites for hydroxylation is 1. The highest BCUT2D eigenvalue weighted by Gasteiger charge is 2.28. The van der Waals surface area contributed by atoms with E-state index < -0.39 is 0 Å². The minimum absolute atomic E-state index is 0.124. The van der Waals surface area contributed by atoms with Gasteiger partial charge in [0, 0.05) is 63.4 Å². The zero-order valence-corrected chi connectivity index (χ0v) is 18.4. The number of ether oxygens (including phenoxy) is 1. The molecule has 3 aliphatic rings. The van der Waals surface area contributed by atoms with Crippen molar-refractivity contribution >= 4 is 11.8 Å². The van der Waals surface area contributed by atoms with Crippen molar-refractivity contribution in [2.45, 2.75) is 45.7 Å². The lowest BCUT2D eigenvalue weighted by Gasteiger charge is -2.36. The number of hydrogen-bond donors (Lipinski definition) is 0. The molecule has 0 aliphatic carbocycles. The zero-order valence-electron chi connectivity index (χ0n) is 18.4. The molecule has 0 bridgehead atoms. The quantitative estimate of drug-likeness (QED) is 0.749. The van der Waals surface area contributed by atoms with Crippen LogP contribution in [-0.4, -0.2) is 60.8 Å². The summed E-state index contributed by atoms with van der Waals surface area (Å²) in [4.78, 5) is 17.1. The molecule has 0 saturated carbocycles. The van der Waals surface area contributed by atoms with E-state index in [1.54, 1.807) is 6.07 Å². The third kappa shape index (κ3) is 4.53. The molecular formula is C24H32FN5O. The van der Waals surface area contributed by atoms with Gasteiger partial charge in [0.1, 0.15) is 11.6 Å². The Morgan fingerprint density at radius 1 is 0.968 bits per heavy atom. The number of anilines is 2. The summed E-state index contributed by atoms with van der Waals surface area (Å²) in [5, 5.41) is 0. The van der Waals surface area contributed by atoms with Gasteiger partial charge in [0.2, 0.25) is 5.95 Å². The zero-order chi connectivity index (χ0) is 21.2. The first-order chi connectivity index (χ1) is 15.2. The Hall–Kier alpha value is -2.25. The smallest absolute Gasteiger partial charge is 0.227 e. The van der Waals surface area contributed by atoms with Gasteiger partial charge in [0.05, 0.1) is 18.9 Å². The molecule has 0 atom stereocenters. The molecule has 2 fully saturated rings. The van der Waals surface area contributed by atoms with E-state index in [0.717, 1.165) is 87.5 Å². The summed E-state index contributed by atoms with van der Waals surface area (Å²) < 4.78 is 20.0. The van der Waals surface area contributed by atoms with E-state index in [9.17, 15) is 4.39 Å². The number of nitrogens with zero attached hydrogens (tertiary/aromatic N) is 5. The van der Waals surface area contributed by atoms with E-state index in [2.05, 4.69) is 14.7 Å². The molecule has 31 heavy (non-hydrogen) atoms. The highest BCUT2D eigenvalue weighted by molar-refractivity contribution is 5.54. The molecule has 2 aromatic rings. The van der Waals surface area contributed by atoms with Gasteiger partial charge in [0.25, 0.3) is 0 Å². The maximum Gasteiger partial charge on any atom is 0.227 e. The van der Waals surface area contributed by atoms with Crippen LogP contribution in [0.4, 0.5) is 16.2 Å². The molecule has 0 amide bonds. The van der Waals surface area contributed by atoms with Crippen molar-refractivity contribution in [3.63, 3.8) is 0 Å². The summed E-state index contributed by atoms with van der Waals surface area (Å²) in [7, 11) is 0. The Kier molecular flexibility index (Phi) is 6.05. The number of benzene rings is 1. The van der Waals surface area contributed by atoms with Crippen LogP contribution in [0.3, 0.4) is 0 Å². The van der Waals surface area contributed by atoms with E-state index in [-0.39, 0.29) is 5.82 Å². The molecule has 4 heterocycles. The summed E-state index contributed by atoms with van der Waals surface area (Å²) in [6, 6.07) is 5.37. The maximum absolute atomic E-state index is 14.4. The maximum atomic E-state index is 14.4. The van der Waals surface area contributed by atoms with Gasteiger partial charge in [-0.2, -0.15) is 4.98 Å². The number of rotatable bonds is 4. The molecule has 0 spiro atoms. The number of aromatic nitrogens is 2.